The lowest BCUT2D eigenvalue weighted by molar-refractivity contribution is 0.0951. The molecular weight excluding hydrogens is 230 g/mol. The topological polar surface area (TPSA) is 81.2 Å². The van der Waals surface area contributed by atoms with Crippen LogP contribution in [0.2, 0.25) is 0 Å². The SMILES string of the molecule is Cc1ccc(N)c(C(=O)NCc2cc(C)on2)c1. The molecule has 0 spiro atoms. The van der Waals surface area contributed by atoms with Gasteiger partial charge in [-0.05, 0) is 26.0 Å². The van der Waals surface area contributed by atoms with Crippen LogP contribution in [0.25, 0.3) is 0 Å². The fourth-order valence-corrected chi connectivity index (χ4v) is 1.63. The highest BCUT2D eigenvalue weighted by molar-refractivity contribution is 5.99. The molecule has 18 heavy (non-hydrogen) atoms. The number of aromatic nitrogens is 1. The number of nitrogen functional groups attached to an aromatic ring is 1. The first-order valence-corrected chi connectivity index (χ1v) is 5.63. The fraction of sp³-hybridized carbons (Fsp3) is 0.231. The average Bonchev–Trinajstić information content (AvgIpc) is 2.75. The summed E-state index contributed by atoms with van der Waals surface area (Å²) in [6.45, 7) is 4.04. The summed E-state index contributed by atoms with van der Waals surface area (Å²) in [5.41, 5.74) is 8.40. The Labute approximate surface area is 105 Å². The van der Waals surface area contributed by atoms with Gasteiger partial charge >= 0.3 is 0 Å². The van der Waals surface area contributed by atoms with Gasteiger partial charge in [-0.3, -0.25) is 4.79 Å². The van der Waals surface area contributed by atoms with Crippen LogP contribution in [0.4, 0.5) is 5.69 Å². The monoisotopic (exact) mass is 245 g/mol. The molecule has 2 aromatic rings. The van der Waals surface area contributed by atoms with Crippen LogP contribution in [0.1, 0.15) is 27.4 Å². The summed E-state index contributed by atoms with van der Waals surface area (Å²) in [6.07, 6.45) is 0. The molecular formula is C13H15N3O2. The molecule has 94 valence electrons. The van der Waals surface area contributed by atoms with E-state index >= 15 is 0 Å². The van der Waals surface area contributed by atoms with Gasteiger partial charge in [-0.2, -0.15) is 0 Å². The number of nitrogens with two attached hydrogens (primary N) is 1. The minimum absolute atomic E-state index is 0.211. The Bertz CT molecular complexity index is 575. The number of benzene rings is 1. The first-order valence-electron chi connectivity index (χ1n) is 5.63. The lowest BCUT2D eigenvalue weighted by Gasteiger charge is -2.07. The van der Waals surface area contributed by atoms with E-state index in [0.717, 1.165) is 5.56 Å². The Morgan fingerprint density at radius 1 is 1.39 bits per heavy atom. The van der Waals surface area contributed by atoms with E-state index < -0.39 is 0 Å². The van der Waals surface area contributed by atoms with E-state index in [1.54, 1.807) is 25.1 Å². The fourth-order valence-electron chi connectivity index (χ4n) is 1.63. The number of aryl methyl sites for hydroxylation is 2. The quantitative estimate of drug-likeness (QED) is 0.808. The largest absolute Gasteiger partial charge is 0.398 e. The van der Waals surface area contributed by atoms with Crippen molar-refractivity contribution in [3.05, 3.63) is 46.8 Å². The lowest BCUT2D eigenvalue weighted by Crippen LogP contribution is -2.24. The molecule has 2 rings (SSSR count). The van der Waals surface area contributed by atoms with E-state index in [4.69, 9.17) is 10.3 Å². The van der Waals surface area contributed by atoms with Crippen molar-refractivity contribution >= 4 is 11.6 Å². The van der Waals surface area contributed by atoms with Gasteiger partial charge in [0, 0.05) is 11.8 Å². The predicted molar refractivity (Wildman–Crippen MR) is 68.0 cm³/mol. The second-order valence-electron chi connectivity index (χ2n) is 4.20. The van der Waals surface area contributed by atoms with Gasteiger partial charge < -0.3 is 15.6 Å². The van der Waals surface area contributed by atoms with E-state index in [1.807, 2.05) is 13.0 Å². The number of amides is 1. The number of rotatable bonds is 3. The molecule has 5 heteroatoms. The lowest BCUT2D eigenvalue weighted by atomic mass is 10.1. The predicted octanol–water partition coefficient (Wildman–Crippen LogP) is 1.80. The Kier molecular flexibility index (Phi) is 3.32. The second kappa shape index (κ2) is 4.91. The van der Waals surface area contributed by atoms with Crippen LogP contribution in [-0.4, -0.2) is 11.1 Å². The van der Waals surface area contributed by atoms with E-state index in [-0.39, 0.29) is 5.91 Å². The van der Waals surface area contributed by atoms with Crippen LogP contribution < -0.4 is 11.1 Å². The van der Waals surface area contributed by atoms with Gasteiger partial charge in [0.15, 0.2) is 0 Å². The molecule has 0 unspecified atom stereocenters. The standard InChI is InChI=1S/C13H15N3O2/c1-8-3-4-12(14)11(5-8)13(17)15-7-10-6-9(2)18-16-10/h3-6H,7,14H2,1-2H3,(H,15,17). The molecule has 0 bridgehead atoms. The Morgan fingerprint density at radius 3 is 2.83 bits per heavy atom. The number of nitrogens with one attached hydrogen (secondary N) is 1. The summed E-state index contributed by atoms with van der Waals surface area (Å²) >= 11 is 0. The van der Waals surface area contributed by atoms with Crippen molar-refractivity contribution in [3.8, 4) is 0 Å². The van der Waals surface area contributed by atoms with Crippen molar-refractivity contribution in [3.63, 3.8) is 0 Å². The summed E-state index contributed by atoms with van der Waals surface area (Å²) in [5.74, 6) is 0.506. The van der Waals surface area contributed by atoms with Gasteiger partial charge in [-0.25, -0.2) is 0 Å². The van der Waals surface area contributed by atoms with Gasteiger partial charge in [0.25, 0.3) is 5.91 Å². The van der Waals surface area contributed by atoms with Crippen LogP contribution in [-0.2, 0) is 6.54 Å². The highest BCUT2D eigenvalue weighted by Gasteiger charge is 2.10. The van der Waals surface area contributed by atoms with E-state index in [9.17, 15) is 4.79 Å². The maximum absolute atomic E-state index is 11.9. The van der Waals surface area contributed by atoms with Crippen molar-refractivity contribution in [2.75, 3.05) is 5.73 Å². The molecule has 0 atom stereocenters. The zero-order chi connectivity index (χ0) is 13.1. The van der Waals surface area contributed by atoms with Crippen molar-refractivity contribution in [1.29, 1.82) is 0 Å². The number of carbonyl (C=O) groups excluding carboxylic acids is 1. The van der Waals surface area contributed by atoms with Gasteiger partial charge in [-0.15, -0.1) is 0 Å². The van der Waals surface area contributed by atoms with E-state index in [2.05, 4.69) is 10.5 Å². The van der Waals surface area contributed by atoms with E-state index in [0.29, 0.717) is 29.2 Å². The van der Waals surface area contributed by atoms with Crippen LogP contribution >= 0.6 is 0 Å². The van der Waals surface area contributed by atoms with Crippen molar-refractivity contribution < 1.29 is 9.32 Å². The van der Waals surface area contributed by atoms with E-state index in [1.165, 1.54) is 0 Å². The minimum Gasteiger partial charge on any atom is -0.398 e. The molecule has 1 aromatic carbocycles. The number of anilines is 1. The molecule has 3 N–H and O–H groups in total. The van der Waals surface area contributed by atoms with Crippen LogP contribution in [0.5, 0.6) is 0 Å². The van der Waals surface area contributed by atoms with Gasteiger partial charge in [0.1, 0.15) is 11.5 Å². The first-order chi connectivity index (χ1) is 8.56. The molecule has 0 saturated heterocycles. The Morgan fingerprint density at radius 2 is 2.17 bits per heavy atom. The average molecular weight is 245 g/mol. The summed E-state index contributed by atoms with van der Waals surface area (Å²) in [7, 11) is 0. The smallest absolute Gasteiger partial charge is 0.253 e. The third-order valence-electron chi connectivity index (χ3n) is 2.56. The highest BCUT2D eigenvalue weighted by Crippen LogP contribution is 2.13. The molecule has 0 radical (unpaired) electrons. The van der Waals surface area contributed by atoms with Gasteiger partial charge in [0.05, 0.1) is 12.1 Å². The Balaban J connectivity index is 2.05. The molecule has 0 fully saturated rings. The Hall–Kier alpha value is -2.30. The number of hydrogen-bond donors (Lipinski definition) is 2. The molecule has 1 heterocycles. The molecule has 0 aliphatic rings. The molecule has 1 aromatic heterocycles. The van der Waals surface area contributed by atoms with Crippen molar-refractivity contribution in [2.24, 2.45) is 0 Å². The zero-order valence-corrected chi connectivity index (χ0v) is 10.4. The zero-order valence-electron chi connectivity index (χ0n) is 10.4. The van der Waals surface area contributed by atoms with Gasteiger partial charge in [0.2, 0.25) is 0 Å². The van der Waals surface area contributed by atoms with Gasteiger partial charge in [-0.1, -0.05) is 16.8 Å². The minimum atomic E-state index is -0.211. The summed E-state index contributed by atoms with van der Waals surface area (Å²) in [6, 6.07) is 7.14. The number of hydrogen-bond acceptors (Lipinski definition) is 4. The summed E-state index contributed by atoms with van der Waals surface area (Å²) in [5, 5.41) is 6.56. The normalized spacial score (nSPS) is 10.3. The summed E-state index contributed by atoms with van der Waals surface area (Å²) < 4.78 is 4.92. The maximum atomic E-state index is 11.9. The number of carbonyl (C=O) groups is 1. The highest BCUT2D eigenvalue weighted by atomic mass is 16.5. The number of nitrogens with zero attached hydrogens (tertiary/aromatic N) is 1. The summed E-state index contributed by atoms with van der Waals surface area (Å²) in [4.78, 5) is 11.9. The first kappa shape index (κ1) is 12.2. The van der Waals surface area contributed by atoms with Crippen LogP contribution in [0, 0.1) is 13.8 Å². The third kappa shape index (κ3) is 2.68. The molecule has 0 saturated carbocycles. The van der Waals surface area contributed by atoms with Crippen LogP contribution in [0.15, 0.2) is 28.8 Å². The molecule has 5 nitrogen and oxygen atoms in total. The molecule has 0 aliphatic carbocycles. The van der Waals surface area contributed by atoms with Crippen molar-refractivity contribution in [1.82, 2.24) is 10.5 Å². The molecule has 1 amide bonds. The van der Waals surface area contributed by atoms with Crippen molar-refractivity contribution in [2.45, 2.75) is 20.4 Å². The van der Waals surface area contributed by atoms with Crippen LogP contribution in [0.3, 0.4) is 0 Å². The maximum Gasteiger partial charge on any atom is 0.253 e. The molecule has 0 aliphatic heterocycles. The third-order valence-corrected chi connectivity index (χ3v) is 2.56. The second-order valence-corrected chi connectivity index (χ2v) is 4.20.